The Bertz CT molecular complexity index is 926. The molecule has 0 bridgehead atoms. The average Bonchev–Trinajstić information content (AvgIpc) is 2.61. The van der Waals surface area contributed by atoms with Gasteiger partial charge in [0.25, 0.3) is 0 Å². The second-order valence-corrected chi connectivity index (χ2v) is 7.60. The van der Waals surface area contributed by atoms with E-state index < -0.39 is 15.8 Å². The maximum atomic E-state index is 11.5. The van der Waals surface area contributed by atoms with Crippen LogP contribution < -0.4 is 0 Å². The fourth-order valence-corrected chi connectivity index (χ4v) is 3.06. The molecule has 2 aromatic carbocycles. The Morgan fingerprint density at radius 1 is 0.960 bits per heavy atom. The van der Waals surface area contributed by atoms with Gasteiger partial charge < -0.3 is 4.74 Å². The number of aldehydes is 1. The largest absolute Gasteiger partial charge is 0.465 e. The Morgan fingerprint density at radius 3 is 1.88 bits per heavy atom. The van der Waals surface area contributed by atoms with Gasteiger partial charge in [-0.15, -0.1) is 0 Å². The van der Waals surface area contributed by atoms with Crippen molar-refractivity contribution < 1.29 is 22.7 Å². The van der Waals surface area contributed by atoms with Crippen LogP contribution in [0.3, 0.4) is 0 Å². The summed E-state index contributed by atoms with van der Waals surface area (Å²) in [5, 5.41) is 0.193. The summed E-state index contributed by atoms with van der Waals surface area (Å²) < 4.78 is 27.6. The molecule has 130 valence electrons. The summed E-state index contributed by atoms with van der Waals surface area (Å²) in [6.07, 6.45) is 1.71. The summed E-state index contributed by atoms with van der Waals surface area (Å²) in [4.78, 5) is 23.1. The van der Waals surface area contributed by atoms with Crippen molar-refractivity contribution in [2.45, 2.75) is 4.90 Å². The van der Waals surface area contributed by atoms with Crippen molar-refractivity contribution in [1.82, 2.24) is 0 Å². The highest BCUT2D eigenvalue weighted by atomic mass is 35.5. The first-order chi connectivity index (χ1) is 11.8. The lowest BCUT2D eigenvalue weighted by Gasteiger charge is -2.07. The molecule has 0 aliphatic carbocycles. The van der Waals surface area contributed by atoms with Crippen LogP contribution in [0.15, 0.2) is 53.4 Å². The van der Waals surface area contributed by atoms with Crippen LogP contribution in [0.25, 0.3) is 10.6 Å². The Morgan fingerprint density at radius 2 is 1.44 bits per heavy atom. The second-order valence-electron chi connectivity index (χ2n) is 5.21. The van der Waals surface area contributed by atoms with Gasteiger partial charge >= 0.3 is 5.97 Å². The molecule has 0 saturated carbocycles. The van der Waals surface area contributed by atoms with Crippen molar-refractivity contribution in [2.75, 3.05) is 13.4 Å². The normalized spacial score (nSPS) is 12.3. The number of ether oxygens (including phenoxy) is 1. The maximum Gasteiger partial charge on any atom is 0.337 e. The molecule has 2 rings (SSSR count). The maximum absolute atomic E-state index is 11.5. The lowest BCUT2D eigenvalue weighted by molar-refractivity contribution is -0.103. The number of methoxy groups -OCH3 is 1. The lowest BCUT2D eigenvalue weighted by atomic mass is 10.0. The van der Waals surface area contributed by atoms with E-state index in [1.54, 1.807) is 24.3 Å². The van der Waals surface area contributed by atoms with E-state index in [0.29, 0.717) is 23.0 Å². The summed E-state index contributed by atoms with van der Waals surface area (Å²) in [6, 6.07) is 12.2. The van der Waals surface area contributed by atoms with Crippen molar-refractivity contribution in [3.05, 3.63) is 65.2 Å². The minimum atomic E-state index is -3.32. The van der Waals surface area contributed by atoms with E-state index >= 15 is 0 Å². The first-order valence-corrected chi connectivity index (χ1v) is 9.39. The molecular formula is C18H15ClO5S. The summed E-state index contributed by atoms with van der Waals surface area (Å²) in [5.74, 6) is -0.473. The topological polar surface area (TPSA) is 77.5 Å². The van der Waals surface area contributed by atoms with Gasteiger partial charge in [-0.3, -0.25) is 4.79 Å². The van der Waals surface area contributed by atoms with E-state index in [1.165, 1.54) is 31.4 Å². The number of hydrogen-bond acceptors (Lipinski definition) is 5. The van der Waals surface area contributed by atoms with Gasteiger partial charge in [0.05, 0.1) is 22.6 Å². The van der Waals surface area contributed by atoms with Crippen molar-refractivity contribution in [2.24, 2.45) is 0 Å². The van der Waals surface area contributed by atoms with E-state index in [1.807, 2.05) is 0 Å². The highest BCUT2D eigenvalue weighted by Gasteiger charge is 2.13. The quantitative estimate of drug-likeness (QED) is 0.345. The zero-order valence-electron chi connectivity index (χ0n) is 13.5. The highest BCUT2D eigenvalue weighted by Crippen LogP contribution is 2.29. The molecule has 0 saturated heterocycles. The molecule has 0 amide bonds. The smallest absolute Gasteiger partial charge is 0.337 e. The van der Waals surface area contributed by atoms with Gasteiger partial charge in [0.15, 0.2) is 16.1 Å². The molecule has 0 atom stereocenters. The molecular weight excluding hydrogens is 364 g/mol. The number of carbonyl (C=O) groups is 2. The molecule has 0 radical (unpaired) electrons. The van der Waals surface area contributed by atoms with Crippen LogP contribution in [-0.2, 0) is 19.4 Å². The summed E-state index contributed by atoms with van der Waals surface area (Å²) >= 11 is 6.32. The van der Waals surface area contributed by atoms with Gasteiger partial charge in [-0.05, 0) is 35.4 Å². The van der Waals surface area contributed by atoms with Gasteiger partial charge in [-0.1, -0.05) is 35.9 Å². The zero-order valence-corrected chi connectivity index (χ0v) is 15.1. The van der Waals surface area contributed by atoms with Crippen LogP contribution in [0, 0.1) is 0 Å². The number of hydrogen-bond donors (Lipinski definition) is 0. The van der Waals surface area contributed by atoms with E-state index in [2.05, 4.69) is 4.74 Å². The standard InChI is InChI=1S/C18H15ClO5S/c1-24-18(21)14-5-3-13(4-6-14)17(19)16(11-20)12-7-9-15(10-8-12)25(2,22)23/h3-11H,1-2H3. The average molecular weight is 379 g/mol. The molecule has 0 unspecified atom stereocenters. The second kappa shape index (κ2) is 7.63. The zero-order chi connectivity index (χ0) is 18.6. The van der Waals surface area contributed by atoms with E-state index in [4.69, 9.17) is 11.6 Å². The van der Waals surface area contributed by atoms with Crippen LogP contribution in [0.5, 0.6) is 0 Å². The fourth-order valence-electron chi connectivity index (χ4n) is 2.15. The molecule has 7 heteroatoms. The Hall–Kier alpha value is -2.44. The van der Waals surface area contributed by atoms with Gasteiger partial charge in [0.1, 0.15) is 0 Å². The first kappa shape index (κ1) is 18.9. The fraction of sp³-hybridized carbons (Fsp3) is 0.111. The lowest BCUT2D eigenvalue weighted by Crippen LogP contribution is -2.00. The monoisotopic (exact) mass is 378 g/mol. The van der Waals surface area contributed by atoms with Crippen molar-refractivity contribution >= 4 is 44.3 Å². The predicted molar refractivity (Wildman–Crippen MR) is 96.1 cm³/mol. The molecule has 0 aromatic heterocycles. The molecule has 2 aromatic rings. The van der Waals surface area contributed by atoms with Gasteiger partial charge in [0.2, 0.25) is 0 Å². The van der Waals surface area contributed by atoms with E-state index in [-0.39, 0.29) is 15.5 Å². The molecule has 0 heterocycles. The number of allylic oxidation sites excluding steroid dienone is 1. The summed E-state index contributed by atoms with van der Waals surface area (Å²) in [6.45, 7) is 0. The molecule has 0 fully saturated rings. The first-order valence-electron chi connectivity index (χ1n) is 7.12. The third-order valence-corrected chi connectivity index (χ3v) is 5.06. The van der Waals surface area contributed by atoms with Crippen LogP contribution in [-0.4, -0.2) is 34.0 Å². The Kier molecular flexibility index (Phi) is 5.77. The van der Waals surface area contributed by atoms with E-state index in [9.17, 15) is 18.0 Å². The number of sulfone groups is 1. The molecule has 0 N–H and O–H groups in total. The Labute approximate surface area is 150 Å². The van der Waals surface area contributed by atoms with Gasteiger partial charge in [-0.25, -0.2) is 13.2 Å². The molecule has 0 aliphatic rings. The van der Waals surface area contributed by atoms with Crippen molar-refractivity contribution in [1.29, 1.82) is 0 Å². The van der Waals surface area contributed by atoms with Crippen LogP contribution in [0.4, 0.5) is 0 Å². The molecule has 5 nitrogen and oxygen atoms in total. The van der Waals surface area contributed by atoms with Crippen LogP contribution in [0.2, 0.25) is 0 Å². The van der Waals surface area contributed by atoms with Crippen molar-refractivity contribution in [3.8, 4) is 0 Å². The third kappa shape index (κ3) is 4.35. The minimum Gasteiger partial charge on any atom is -0.465 e. The number of rotatable bonds is 5. The molecule has 25 heavy (non-hydrogen) atoms. The molecule has 0 aliphatic heterocycles. The summed E-state index contributed by atoms with van der Waals surface area (Å²) in [5.41, 5.74) is 1.61. The van der Waals surface area contributed by atoms with Crippen molar-refractivity contribution in [3.63, 3.8) is 0 Å². The minimum absolute atomic E-state index is 0.153. The summed E-state index contributed by atoms with van der Waals surface area (Å²) in [7, 11) is -2.04. The SMILES string of the molecule is COC(=O)c1ccc(C(Cl)=C(C=O)c2ccc(S(C)(=O)=O)cc2)cc1. The third-order valence-electron chi connectivity index (χ3n) is 3.51. The van der Waals surface area contributed by atoms with Crippen LogP contribution >= 0.6 is 11.6 Å². The number of carbonyl (C=O) groups excluding carboxylic acids is 2. The number of esters is 1. The molecule has 0 spiro atoms. The predicted octanol–water partition coefficient (Wildman–Crippen LogP) is 3.18. The highest BCUT2D eigenvalue weighted by molar-refractivity contribution is 7.90. The van der Waals surface area contributed by atoms with Crippen LogP contribution in [0.1, 0.15) is 21.5 Å². The van der Waals surface area contributed by atoms with Gasteiger partial charge in [0, 0.05) is 11.8 Å². The number of benzene rings is 2. The van der Waals surface area contributed by atoms with Gasteiger partial charge in [-0.2, -0.15) is 0 Å². The van der Waals surface area contributed by atoms with E-state index in [0.717, 1.165) is 6.26 Å². The Balaban J connectivity index is 2.43. The number of halogens is 1.